The molecule has 2 heterocycles. The Morgan fingerprint density at radius 1 is 1.56 bits per heavy atom. The second-order valence-electron chi connectivity index (χ2n) is 4.25. The first kappa shape index (κ1) is 10.1. The zero-order valence-electron chi connectivity index (χ0n) is 8.85. The van der Waals surface area contributed by atoms with Crippen LogP contribution in [0, 0.1) is 0 Å². The summed E-state index contributed by atoms with van der Waals surface area (Å²) in [5.74, 6) is 0.935. The summed E-state index contributed by atoms with van der Waals surface area (Å²) in [6.07, 6.45) is 6.74. The van der Waals surface area contributed by atoms with Crippen LogP contribution < -0.4 is 0 Å². The van der Waals surface area contributed by atoms with E-state index < -0.39 is 5.60 Å². The highest BCUT2D eigenvalue weighted by Gasteiger charge is 2.36. The van der Waals surface area contributed by atoms with Crippen LogP contribution in [-0.2, 0) is 18.4 Å². The van der Waals surface area contributed by atoms with E-state index >= 15 is 0 Å². The van der Waals surface area contributed by atoms with Gasteiger partial charge in [0.15, 0.2) is 0 Å². The van der Waals surface area contributed by atoms with Crippen LogP contribution in [0.5, 0.6) is 0 Å². The van der Waals surface area contributed by atoms with Gasteiger partial charge >= 0.3 is 0 Å². The van der Waals surface area contributed by atoms with Crippen molar-refractivity contribution in [3.63, 3.8) is 0 Å². The van der Waals surface area contributed by atoms with E-state index in [1.54, 1.807) is 23.8 Å². The van der Waals surface area contributed by atoms with E-state index in [1.165, 1.54) is 0 Å². The third-order valence-electron chi connectivity index (χ3n) is 3.17. The molecule has 0 bridgehead atoms. The van der Waals surface area contributed by atoms with Gasteiger partial charge in [-0.15, -0.1) is 11.3 Å². The van der Waals surface area contributed by atoms with E-state index in [0.29, 0.717) is 6.42 Å². The SMILES string of the molecule is OC1(Cc2nccs2)CCCc2occc21. The highest BCUT2D eigenvalue weighted by molar-refractivity contribution is 7.09. The minimum atomic E-state index is -0.779. The molecule has 1 aliphatic rings. The Bertz CT molecular complexity index is 477. The van der Waals surface area contributed by atoms with Crippen molar-refractivity contribution in [2.75, 3.05) is 0 Å². The molecular weight excluding hydrogens is 222 g/mol. The second kappa shape index (κ2) is 3.71. The maximum atomic E-state index is 10.7. The van der Waals surface area contributed by atoms with E-state index in [4.69, 9.17) is 4.42 Å². The quantitative estimate of drug-likeness (QED) is 0.870. The highest BCUT2D eigenvalue weighted by atomic mass is 32.1. The van der Waals surface area contributed by atoms with E-state index in [2.05, 4.69) is 4.98 Å². The maximum Gasteiger partial charge on any atom is 0.109 e. The van der Waals surface area contributed by atoms with Crippen LogP contribution in [-0.4, -0.2) is 10.1 Å². The lowest BCUT2D eigenvalue weighted by Gasteiger charge is -2.30. The smallest absolute Gasteiger partial charge is 0.109 e. The molecule has 0 saturated carbocycles. The van der Waals surface area contributed by atoms with E-state index in [-0.39, 0.29) is 0 Å². The van der Waals surface area contributed by atoms with Gasteiger partial charge in [-0.25, -0.2) is 4.98 Å². The summed E-state index contributed by atoms with van der Waals surface area (Å²) < 4.78 is 5.39. The molecule has 0 amide bonds. The van der Waals surface area contributed by atoms with Crippen molar-refractivity contribution in [1.82, 2.24) is 4.98 Å². The van der Waals surface area contributed by atoms with E-state index in [9.17, 15) is 5.11 Å². The summed E-state index contributed by atoms with van der Waals surface area (Å²) in [6, 6.07) is 1.89. The summed E-state index contributed by atoms with van der Waals surface area (Å²) in [4.78, 5) is 4.24. The molecule has 1 aliphatic carbocycles. The molecule has 0 aromatic carbocycles. The van der Waals surface area contributed by atoms with Gasteiger partial charge in [-0.2, -0.15) is 0 Å². The third kappa shape index (κ3) is 1.58. The lowest BCUT2D eigenvalue weighted by Crippen LogP contribution is -2.32. The monoisotopic (exact) mass is 235 g/mol. The van der Waals surface area contributed by atoms with Crippen molar-refractivity contribution in [1.29, 1.82) is 0 Å². The van der Waals surface area contributed by atoms with Crippen molar-refractivity contribution < 1.29 is 9.52 Å². The van der Waals surface area contributed by atoms with Crippen LogP contribution in [0.4, 0.5) is 0 Å². The number of thiazole rings is 1. The Morgan fingerprint density at radius 2 is 2.50 bits per heavy atom. The van der Waals surface area contributed by atoms with Crippen molar-refractivity contribution >= 4 is 11.3 Å². The van der Waals surface area contributed by atoms with Crippen LogP contribution >= 0.6 is 11.3 Å². The number of furan rings is 1. The lowest BCUT2D eigenvalue weighted by molar-refractivity contribution is 0.0168. The van der Waals surface area contributed by atoms with Gasteiger partial charge in [-0.05, 0) is 18.9 Å². The first-order valence-corrected chi connectivity index (χ1v) is 6.33. The van der Waals surface area contributed by atoms with Gasteiger partial charge in [-0.1, -0.05) is 0 Å². The summed E-state index contributed by atoms with van der Waals surface area (Å²) in [7, 11) is 0. The summed E-state index contributed by atoms with van der Waals surface area (Å²) in [5, 5.41) is 13.6. The molecular formula is C12H13NO2S. The highest BCUT2D eigenvalue weighted by Crippen LogP contribution is 2.38. The summed E-state index contributed by atoms with van der Waals surface area (Å²) in [5.41, 5.74) is 0.173. The molecule has 16 heavy (non-hydrogen) atoms. The van der Waals surface area contributed by atoms with Crippen LogP contribution in [0.2, 0.25) is 0 Å². The molecule has 4 heteroatoms. The zero-order valence-corrected chi connectivity index (χ0v) is 9.67. The Balaban J connectivity index is 1.95. The third-order valence-corrected chi connectivity index (χ3v) is 3.95. The van der Waals surface area contributed by atoms with Gasteiger partial charge in [0.1, 0.15) is 5.76 Å². The van der Waals surface area contributed by atoms with Crippen molar-refractivity contribution in [2.45, 2.75) is 31.3 Å². The first-order chi connectivity index (χ1) is 7.78. The standard InChI is InChI=1S/C12H13NO2S/c14-12(8-11-13-5-7-16-11)4-1-2-10-9(12)3-6-15-10/h3,5-7,14H,1-2,4,8H2. The molecule has 0 fully saturated rings. The average Bonchev–Trinajstić information content (AvgIpc) is 2.88. The molecule has 0 radical (unpaired) electrons. The lowest BCUT2D eigenvalue weighted by atomic mass is 9.81. The van der Waals surface area contributed by atoms with Crippen LogP contribution in [0.15, 0.2) is 28.3 Å². The van der Waals surface area contributed by atoms with Gasteiger partial charge in [0.05, 0.1) is 16.9 Å². The minimum absolute atomic E-state index is 0.594. The summed E-state index contributed by atoms with van der Waals surface area (Å²) >= 11 is 1.59. The van der Waals surface area contributed by atoms with Crippen LogP contribution in [0.25, 0.3) is 0 Å². The number of fused-ring (bicyclic) bond motifs is 1. The van der Waals surface area contributed by atoms with Crippen LogP contribution in [0.1, 0.15) is 29.2 Å². The predicted molar refractivity (Wildman–Crippen MR) is 61.4 cm³/mol. The van der Waals surface area contributed by atoms with Gasteiger partial charge in [0.25, 0.3) is 0 Å². The maximum absolute atomic E-state index is 10.7. The largest absolute Gasteiger partial charge is 0.469 e. The zero-order chi connectivity index (χ0) is 11.0. The minimum Gasteiger partial charge on any atom is -0.469 e. The summed E-state index contributed by atoms with van der Waals surface area (Å²) in [6.45, 7) is 0. The fourth-order valence-corrected chi connectivity index (χ4v) is 3.12. The molecule has 0 spiro atoms. The predicted octanol–water partition coefficient (Wildman–Crippen LogP) is 2.50. The Hall–Kier alpha value is -1.13. The molecule has 0 aliphatic heterocycles. The molecule has 3 nitrogen and oxygen atoms in total. The fourth-order valence-electron chi connectivity index (χ4n) is 2.40. The van der Waals surface area contributed by atoms with E-state index in [1.807, 2.05) is 11.4 Å². The molecule has 1 atom stereocenters. The molecule has 2 aromatic heterocycles. The first-order valence-electron chi connectivity index (χ1n) is 5.45. The number of aromatic nitrogens is 1. The molecule has 84 valence electrons. The number of aryl methyl sites for hydroxylation is 1. The number of aliphatic hydroxyl groups is 1. The van der Waals surface area contributed by atoms with Crippen LogP contribution in [0.3, 0.4) is 0 Å². The molecule has 1 N–H and O–H groups in total. The molecule has 2 aromatic rings. The fraction of sp³-hybridized carbons (Fsp3) is 0.417. The number of hydrogen-bond acceptors (Lipinski definition) is 4. The molecule has 3 rings (SSSR count). The van der Waals surface area contributed by atoms with Gasteiger partial charge in [0, 0.05) is 30.0 Å². The number of rotatable bonds is 2. The van der Waals surface area contributed by atoms with Crippen molar-refractivity contribution in [3.8, 4) is 0 Å². The normalized spacial score (nSPS) is 24.3. The topological polar surface area (TPSA) is 46.3 Å². The second-order valence-corrected chi connectivity index (χ2v) is 5.22. The number of nitrogens with zero attached hydrogens (tertiary/aromatic N) is 1. The molecule has 0 saturated heterocycles. The average molecular weight is 235 g/mol. The Morgan fingerprint density at radius 3 is 3.31 bits per heavy atom. The van der Waals surface area contributed by atoms with Gasteiger partial charge in [0.2, 0.25) is 0 Å². The molecule has 1 unspecified atom stereocenters. The number of hydrogen-bond donors (Lipinski definition) is 1. The van der Waals surface area contributed by atoms with Crippen molar-refractivity contribution in [2.24, 2.45) is 0 Å². The Labute approximate surface area is 97.8 Å². The van der Waals surface area contributed by atoms with Gasteiger partial charge < -0.3 is 9.52 Å². The van der Waals surface area contributed by atoms with Crippen molar-refractivity contribution in [3.05, 3.63) is 40.2 Å². The van der Waals surface area contributed by atoms with Gasteiger partial charge in [-0.3, -0.25) is 0 Å². The Kier molecular flexibility index (Phi) is 2.33. The van der Waals surface area contributed by atoms with E-state index in [0.717, 1.165) is 35.6 Å².